The van der Waals surface area contributed by atoms with Gasteiger partial charge in [0.1, 0.15) is 0 Å². The van der Waals surface area contributed by atoms with E-state index < -0.39 is 18.0 Å². The van der Waals surface area contributed by atoms with Crippen LogP contribution in [0.4, 0.5) is 0 Å². The van der Waals surface area contributed by atoms with Gasteiger partial charge >= 0.3 is 11.9 Å². The molecule has 4 heteroatoms. The van der Waals surface area contributed by atoms with E-state index in [4.69, 9.17) is 4.74 Å². The summed E-state index contributed by atoms with van der Waals surface area (Å²) in [6, 6.07) is 18.8. The molecule has 0 aliphatic carbocycles. The molecule has 3 rings (SSSR count). The van der Waals surface area contributed by atoms with E-state index in [0.29, 0.717) is 5.56 Å². The van der Waals surface area contributed by atoms with Gasteiger partial charge in [-0.1, -0.05) is 48.5 Å². The van der Waals surface area contributed by atoms with Gasteiger partial charge in [0.2, 0.25) is 6.10 Å². The Morgan fingerprint density at radius 1 is 0.923 bits per heavy atom. The molecule has 26 heavy (non-hydrogen) atoms. The Kier molecular flexibility index (Phi) is 5.03. The molecule has 0 saturated carbocycles. The van der Waals surface area contributed by atoms with Gasteiger partial charge in [-0.25, -0.2) is 9.59 Å². The second kappa shape index (κ2) is 7.40. The molecular weight excluding hydrogens is 328 g/mol. The van der Waals surface area contributed by atoms with Gasteiger partial charge in [0, 0.05) is 6.42 Å². The molecule has 0 aliphatic heterocycles. The van der Waals surface area contributed by atoms with Gasteiger partial charge in [-0.2, -0.15) is 0 Å². The highest BCUT2D eigenvalue weighted by molar-refractivity contribution is 5.91. The van der Waals surface area contributed by atoms with Crippen molar-refractivity contribution in [2.24, 2.45) is 0 Å². The quantitative estimate of drug-likeness (QED) is 0.698. The van der Waals surface area contributed by atoms with Crippen LogP contribution in [0.5, 0.6) is 0 Å². The largest absolute Gasteiger partial charge is 0.478 e. The number of carboxylic acid groups (broad SMARTS) is 1. The molecule has 1 atom stereocenters. The van der Waals surface area contributed by atoms with Crippen LogP contribution in [0.25, 0.3) is 10.8 Å². The lowest BCUT2D eigenvalue weighted by atomic mass is 10.0. The molecule has 0 aliphatic rings. The smallest absolute Gasteiger partial charge is 0.345 e. The van der Waals surface area contributed by atoms with Crippen LogP contribution in [0.1, 0.15) is 27.0 Å². The topological polar surface area (TPSA) is 63.6 Å². The number of carbonyl (C=O) groups excluding carboxylic acids is 1. The molecular formula is C22H20O4. The van der Waals surface area contributed by atoms with Gasteiger partial charge in [-0.15, -0.1) is 0 Å². The molecule has 3 aromatic rings. The maximum atomic E-state index is 12.3. The lowest BCUT2D eigenvalue weighted by Crippen LogP contribution is -2.29. The molecule has 1 N–H and O–H groups in total. The third-order valence-electron chi connectivity index (χ3n) is 4.50. The highest BCUT2D eigenvalue weighted by Gasteiger charge is 2.23. The summed E-state index contributed by atoms with van der Waals surface area (Å²) in [6.45, 7) is 3.85. The second-order valence-electron chi connectivity index (χ2n) is 6.42. The minimum absolute atomic E-state index is 0.122. The molecule has 3 aromatic carbocycles. The minimum Gasteiger partial charge on any atom is -0.478 e. The standard InChI is InChI=1S/C22H20O4/c1-14-7-9-19(11-15(14)2)22(25)26-20(21(23)24)13-16-8-10-17-5-3-4-6-18(17)12-16/h3-12,20H,13H2,1-2H3,(H,23,24)/t20-/m1/s1. The van der Waals surface area contributed by atoms with E-state index in [0.717, 1.165) is 27.5 Å². The van der Waals surface area contributed by atoms with Crippen molar-refractivity contribution in [3.05, 3.63) is 82.9 Å². The number of hydrogen-bond donors (Lipinski definition) is 1. The zero-order chi connectivity index (χ0) is 18.7. The van der Waals surface area contributed by atoms with Crippen LogP contribution in [-0.2, 0) is 16.0 Å². The molecule has 0 aromatic heterocycles. The van der Waals surface area contributed by atoms with Crippen LogP contribution in [-0.4, -0.2) is 23.1 Å². The van der Waals surface area contributed by atoms with Crippen LogP contribution in [0.3, 0.4) is 0 Å². The summed E-state index contributed by atoms with van der Waals surface area (Å²) in [5.74, 6) is -1.78. The zero-order valence-electron chi connectivity index (χ0n) is 14.7. The van der Waals surface area contributed by atoms with Crippen LogP contribution in [0.15, 0.2) is 60.7 Å². The number of rotatable bonds is 5. The molecule has 0 bridgehead atoms. The van der Waals surface area contributed by atoms with Crippen LogP contribution < -0.4 is 0 Å². The first-order chi connectivity index (χ1) is 12.4. The Balaban J connectivity index is 1.78. The number of ether oxygens (including phenoxy) is 1. The van der Waals surface area contributed by atoms with E-state index in [2.05, 4.69) is 0 Å². The maximum absolute atomic E-state index is 12.3. The van der Waals surface area contributed by atoms with Gasteiger partial charge < -0.3 is 9.84 Å². The summed E-state index contributed by atoms with van der Waals surface area (Å²) in [7, 11) is 0. The summed E-state index contributed by atoms with van der Waals surface area (Å²) < 4.78 is 5.27. The lowest BCUT2D eigenvalue weighted by Gasteiger charge is -2.15. The summed E-state index contributed by atoms with van der Waals surface area (Å²) >= 11 is 0. The number of hydrogen-bond acceptors (Lipinski definition) is 3. The molecule has 0 unspecified atom stereocenters. The molecule has 0 spiro atoms. The van der Waals surface area contributed by atoms with E-state index in [-0.39, 0.29) is 6.42 Å². The monoisotopic (exact) mass is 348 g/mol. The third-order valence-corrected chi connectivity index (χ3v) is 4.50. The van der Waals surface area contributed by atoms with Crippen molar-refractivity contribution in [3.63, 3.8) is 0 Å². The molecule has 0 fully saturated rings. The minimum atomic E-state index is -1.23. The number of esters is 1. The summed E-state index contributed by atoms with van der Waals surface area (Å²) in [5.41, 5.74) is 3.19. The van der Waals surface area contributed by atoms with Crippen molar-refractivity contribution in [2.45, 2.75) is 26.4 Å². The van der Waals surface area contributed by atoms with E-state index in [9.17, 15) is 14.7 Å². The van der Waals surface area contributed by atoms with Gasteiger partial charge in [0.15, 0.2) is 0 Å². The van der Waals surface area contributed by atoms with Crippen molar-refractivity contribution in [3.8, 4) is 0 Å². The summed E-state index contributed by atoms with van der Waals surface area (Å²) in [6.07, 6.45) is -1.11. The fourth-order valence-electron chi connectivity index (χ4n) is 2.82. The Morgan fingerprint density at radius 3 is 2.35 bits per heavy atom. The normalized spacial score (nSPS) is 11.9. The fourth-order valence-corrected chi connectivity index (χ4v) is 2.82. The van der Waals surface area contributed by atoms with E-state index in [1.807, 2.05) is 62.4 Å². The Labute approximate surface area is 152 Å². The van der Waals surface area contributed by atoms with Crippen LogP contribution >= 0.6 is 0 Å². The predicted molar refractivity (Wildman–Crippen MR) is 100 cm³/mol. The van der Waals surface area contributed by atoms with Crippen LogP contribution in [0.2, 0.25) is 0 Å². The number of benzene rings is 3. The lowest BCUT2D eigenvalue weighted by molar-refractivity contribution is -0.147. The molecule has 0 radical (unpaired) electrons. The molecule has 132 valence electrons. The average Bonchev–Trinajstić information content (AvgIpc) is 2.63. The number of aliphatic carboxylic acids is 1. The number of fused-ring (bicyclic) bond motifs is 1. The van der Waals surface area contributed by atoms with E-state index in [1.54, 1.807) is 12.1 Å². The first-order valence-electron chi connectivity index (χ1n) is 8.43. The van der Waals surface area contributed by atoms with Crippen molar-refractivity contribution in [2.75, 3.05) is 0 Å². The Morgan fingerprint density at radius 2 is 1.65 bits per heavy atom. The summed E-state index contributed by atoms with van der Waals surface area (Å²) in [4.78, 5) is 23.9. The van der Waals surface area contributed by atoms with Gasteiger partial charge in [-0.3, -0.25) is 0 Å². The number of carbonyl (C=O) groups is 2. The molecule has 4 nitrogen and oxygen atoms in total. The SMILES string of the molecule is Cc1ccc(C(=O)O[C@H](Cc2ccc3ccccc3c2)C(=O)O)cc1C. The van der Waals surface area contributed by atoms with E-state index in [1.165, 1.54) is 0 Å². The van der Waals surface area contributed by atoms with Gasteiger partial charge in [0.05, 0.1) is 5.56 Å². The first kappa shape index (κ1) is 17.7. The zero-order valence-corrected chi connectivity index (χ0v) is 14.7. The van der Waals surface area contributed by atoms with Crippen LogP contribution in [0, 0.1) is 13.8 Å². The van der Waals surface area contributed by atoms with E-state index >= 15 is 0 Å². The first-order valence-corrected chi connectivity index (χ1v) is 8.43. The van der Waals surface area contributed by atoms with Gasteiger partial charge in [0.25, 0.3) is 0 Å². The predicted octanol–water partition coefficient (Wildman–Crippen LogP) is 4.31. The average molecular weight is 348 g/mol. The molecule has 0 amide bonds. The van der Waals surface area contributed by atoms with Crippen molar-refractivity contribution < 1.29 is 19.4 Å². The Bertz CT molecular complexity index is 975. The Hall–Kier alpha value is -3.14. The van der Waals surface area contributed by atoms with Crippen molar-refractivity contribution in [1.82, 2.24) is 0 Å². The molecule has 0 saturated heterocycles. The van der Waals surface area contributed by atoms with Crippen molar-refractivity contribution in [1.29, 1.82) is 0 Å². The number of carboxylic acids is 1. The highest BCUT2D eigenvalue weighted by Crippen LogP contribution is 2.18. The van der Waals surface area contributed by atoms with Crippen molar-refractivity contribution >= 4 is 22.7 Å². The second-order valence-corrected chi connectivity index (χ2v) is 6.42. The molecule has 0 heterocycles. The fraction of sp³-hybridized carbons (Fsp3) is 0.182. The third kappa shape index (κ3) is 3.91. The summed E-state index contributed by atoms with van der Waals surface area (Å²) in [5, 5.41) is 11.6. The maximum Gasteiger partial charge on any atom is 0.345 e. The number of aryl methyl sites for hydroxylation is 2. The highest BCUT2D eigenvalue weighted by atomic mass is 16.6. The van der Waals surface area contributed by atoms with Gasteiger partial charge in [-0.05, 0) is 53.4 Å².